The second-order valence-corrected chi connectivity index (χ2v) is 6.67. The van der Waals surface area contributed by atoms with Crippen LogP contribution in [0, 0.1) is 12.8 Å². The highest BCUT2D eigenvalue weighted by Gasteiger charge is 2.22. The van der Waals surface area contributed by atoms with E-state index in [1.54, 1.807) is 6.33 Å². The van der Waals surface area contributed by atoms with E-state index < -0.39 is 0 Å². The molecule has 0 spiro atoms. The summed E-state index contributed by atoms with van der Waals surface area (Å²) < 4.78 is 2.25. The molecule has 0 aliphatic carbocycles. The van der Waals surface area contributed by atoms with E-state index in [1.807, 2.05) is 0 Å². The number of piperidine rings is 1. The SMILES string of the molecule is Cc1ccc2c(c1)c1ncnc(N3CCC[C@H](C)C3)c1n2C. The zero-order valence-corrected chi connectivity index (χ0v) is 13.5. The maximum Gasteiger partial charge on any atom is 0.156 e. The summed E-state index contributed by atoms with van der Waals surface area (Å²) in [4.78, 5) is 11.7. The Kier molecular flexibility index (Phi) is 3.06. The van der Waals surface area contributed by atoms with Crippen LogP contribution >= 0.6 is 0 Å². The predicted octanol–water partition coefficient (Wildman–Crippen LogP) is 3.67. The number of anilines is 1. The second kappa shape index (κ2) is 4.97. The molecule has 0 bridgehead atoms. The van der Waals surface area contributed by atoms with Gasteiger partial charge in [-0.3, -0.25) is 0 Å². The molecule has 1 fully saturated rings. The van der Waals surface area contributed by atoms with Crippen LogP contribution < -0.4 is 4.90 Å². The first-order chi connectivity index (χ1) is 10.6. The van der Waals surface area contributed by atoms with E-state index in [-0.39, 0.29) is 0 Å². The molecule has 22 heavy (non-hydrogen) atoms. The molecule has 114 valence electrons. The van der Waals surface area contributed by atoms with Crippen molar-refractivity contribution in [2.45, 2.75) is 26.7 Å². The van der Waals surface area contributed by atoms with Crippen molar-refractivity contribution in [2.75, 3.05) is 18.0 Å². The Morgan fingerprint density at radius 1 is 1.23 bits per heavy atom. The van der Waals surface area contributed by atoms with Gasteiger partial charge in [0.1, 0.15) is 17.4 Å². The van der Waals surface area contributed by atoms with E-state index >= 15 is 0 Å². The van der Waals surface area contributed by atoms with Crippen molar-refractivity contribution >= 4 is 27.8 Å². The highest BCUT2D eigenvalue weighted by molar-refractivity contribution is 6.09. The first-order valence-electron chi connectivity index (χ1n) is 8.10. The fourth-order valence-electron chi connectivity index (χ4n) is 3.74. The molecular formula is C18H22N4. The third-order valence-electron chi connectivity index (χ3n) is 4.86. The zero-order valence-electron chi connectivity index (χ0n) is 13.5. The van der Waals surface area contributed by atoms with E-state index in [1.165, 1.54) is 29.3 Å². The lowest BCUT2D eigenvalue weighted by Crippen LogP contribution is -2.35. The smallest absolute Gasteiger partial charge is 0.156 e. The minimum atomic E-state index is 0.732. The lowest BCUT2D eigenvalue weighted by atomic mass is 10.0. The maximum atomic E-state index is 4.64. The number of hydrogen-bond donors (Lipinski definition) is 0. The van der Waals surface area contributed by atoms with Crippen molar-refractivity contribution in [3.05, 3.63) is 30.1 Å². The van der Waals surface area contributed by atoms with Crippen molar-refractivity contribution in [3.8, 4) is 0 Å². The molecule has 0 radical (unpaired) electrons. The molecule has 1 aromatic carbocycles. The minimum absolute atomic E-state index is 0.732. The van der Waals surface area contributed by atoms with Crippen LogP contribution in [0.1, 0.15) is 25.3 Å². The van der Waals surface area contributed by atoms with Crippen LogP contribution in [0.5, 0.6) is 0 Å². The van der Waals surface area contributed by atoms with Crippen molar-refractivity contribution in [2.24, 2.45) is 13.0 Å². The maximum absolute atomic E-state index is 4.64. The van der Waals surface area contributed by atoms with E-state index in [0.717, 1.165) is 35.9 Å². The summed E-state index contributed by atoms with van der Waals surface area (Å²) in [5, 5.41) is 1.23. The molecule has 1 saturated heterocycles. The Balaban J connectivity index is 1.98. The van der Waals surface area contributed by atoms with Gasteiger partial charge < -0.3 is 9.47 Å². The molecular weight excluding hydrogens is 272 g/mol. The van der Waals surface area contributed by atoms with Crippen LogP contribution in [0.25, 0.3) is 21.9 Å². The van der Waals surface area contributed by atoms with E-state index in [9.17, 15) is 0 Å². The summed E-state index contributed by atoms with van der Waals surface area (Å²) in [6.07, 6.45) is 4.29. The molecule has 0 N–H and O–H groups in total. The summed E-state index contributed by atoms with van der Waals surface area (Å²) >= 11 is 0. The number of benzene rings is 1. The first-order valence-corrected chi connectivity index (χ1v) is 8.10. The van der Waals surface area contributed by atoms with Gasteiger partial charge >= 0.3 is 0 Å². The fourth-order valence-corrected chi connectivity index (χ4v) is 3.74. The van der Waals surface area contributed by atoms with Gasteiger partial charge in [-0.1, -0.05) is 18.6 Å². The molecule has 4 heteroatoms. The molecule has 0 saturated carbocycles. The van der Waals surface area contributed by atoms with Gasteiger partial charge in [-0.25, -0.2) is 9.97 Å². The number of rotatable bonds is 1. The van der Waals surface area contributed by atoms with E-state index in [4.69, 9.17) is 0 Å². The average molecular weight is 294 g/mol. The van der Waals surface area contributed by atoms with Gasteiger partial charge in [-0.05, 0) is 37.8 Å². The monoisotopic (exact) mass is 294 g/mol. The first kappa shape index (κ1) is 13.6. The Labute approximate surface area is 130 Å². The predicted molar refractivity (Wildman–Crippen MR) is 91.4 cm³/mol. The summed E-state index contributed by atoms with van der Waals surface area (Å²) in [6, 6.07) is 6.58. The topological polar surface area (TPSA) is 34.0 Å². The molecule has 1 aliphatic heterocycles. The third-order valence-corrected chi connectivity index (χ3v) is 4.86. The lowest BCUT2D eigenvalue weighted by Gasteiger charge is -2.32. The van der Waals surface area contributed by atoms with Crippen molar-refractivity contribution < 1.29 is 0 Å². The molecule has 4 rings (SSSR count). The molecule has 3 heterocycles. The molecule has 3 aromatic rings. The van der Waals surface area contributed by atoms with Gasteiger partial charge in [0.25, 0.3) is 0 Å². The van der Waals surface area contributed by atoms with Gasteiger partial charge in [0.05, 0.1) is 5.52 Å². The normalized spacial score (nSPS) is 19.2. The van der Waals surface area contributed by atoms with Gasteiger partial charge in [-0.2, -0.15) is 0 Å². The van der Waals surface area contributed by atoms with Gasteiger partial charge in [0.2, 0.25) is 0 Å². The molecule has 4 nitrogen and oxygen atoms in total. The second-order valence-electron chi connectivity index (χ2n) is 6.67. The van der Waals surface area contributed by atoms with Crippen LogP contribution in [-0.4, -0.2) is 27.6 Å². The van der Waals surface area contributed by atoms with Gasteiger partial charge in [0, 0.05) is 25.5 Å². The molecule has 1 aliphatic rings. The zero-order chi connectivity index (χ0) is 15.3. The molecule has 2 aromatic heterocycles. The van der Waals surface area contributed by atoms with Crippen LogP contribution in [0.3, 0.4) is 0 Å². The Hall–Kier alpha value is -2.10. The Bertz CT molecular complexity index is 849. The van der Waals surface area contributed by atoms with Gasteiger partial charge in [-0.15, -0.1) is 0 Å². The standard InChI is InChI=1S/C18H22N4/c1-12-6-7-15-14(9-12)16-17(21(15)3)18(20-11-19-16)22-8-4-5-13(2)10-22/h6-7,9,11,13H,4-5,8,10H2,1-3H3/t13-/m0/s1. The third kappa shape index (κ3) is 1.97. The minimum Gasteiger partial charge on any atom is -0.355 e. The fraction of sp³-hybridized carbons (Fsp3) is 0.444. The molecule has 0 amide bonds. The highest BCUT2D eigenvalue weighted by atomic mass is 15.2. The summed E-state index contributed by atoms with van der Waals surface area (Å²) in [7, 11) is 2.13. The number of hydrogen-bond acceptors (Lipinski definition) is 3. The summed E-state index contributed by atoms with van der Waals surface area (Å²) in [5.41, 5.74) is 4.74. The summed E-state index contributed by atoms with van der Waals surface area (Å²) in [6.45, 7) is 6.64. The molecule has 1 atom stereocenters. The van der Waals surface area contributed by atoms with Crippen molar-refractivity contribution in [3.63, 3.8) is 0 Å². The van der Waals surface area contributed by atoms with Crippen molar-refractivity contribution in [1.29, 1.82) is 0 Å². The van der Waals surface area contributed by atoms with Crippen molar-refractivity contribution in [1.82, 2.24) is 14.5 Å². The van der Waals surface area contributed by atoms with E-state index in [2.05, 4.69) is 58.5 Å². The molecule has 0 unspecified atom stereocenters. The number of fused-ring (bicyclic) bond motifs is 3. The number of aryl methyl sites for hydroxylation is 2. The van der Waals surface area contributed by atoms with Crippen LogP contribution in [-0.2, 0) is 7.05 Å². The van der Waals surface area contributed by atoms with E-state index in [0.29, 0.717) is 0 Å². The van der Waals surface area contributed by atoms with Crippen LogP contribution in [0.4, 0.5) is 5.82 Å². The Morgan fingerprint density at radius 3 is 2.91 bits per heavy atom. The quantitative estimate of drug-likeness (QED) is 0.687. The highest BCUT2D eigenvalue weighted by Crippen LogP contribution is 2.33. The van der Waals surface area contributed by atoms with Crippen LogP contribution in [0.2, 0.25) is 0 Å². The summed E-state index contributed by atoms with van der Waals surface area (Å²) in [5.74, 6) is 1.82. The Morgan fingerprint density at radius 2 is 2.09 bits per heavy atom. The largest absolute Gasteiger partial charge is 0.355 e. The number of aromatic nitrogens is 3. The van der Waals surface area contributed by atoms with Crippen LogP contribution in [0.15, 0.2) is 24.5 Å². The number of nitrogens with zero attached hydrogens (tertiary/aromatic N) is 4. The van der Waals surface area contributed by atoms with Gasteiger partial charge in [0.15, 0.2) is 5.82 Å². The lowest BCUT2D eigenvalue weighted by molar-refractivity contribution is 0.445. The average Bonchev–Trinajstić information content (AvgIpc) is 2.80.